The normalized spacial score (nSPS) is 33.4. The summed E-state index contributed by atoms with van der Waals surface area (Å²) in [6, 6.07) is 0. The molecule has 0 saturated carbocycles. The summed E-state index contributed by atoms with van der Waals surface area (Å²) in [5, 5.41) is 0. The van der Waals surface area contributed by atoms with Crippen molar-refractivity contribution in [1.82, 2.24) is 0 Å². The van der Waals surface area contributed by atoms with Crippen molar-refractivity contribution in [1.29, 1.82) is 0 Å². The van der Waals surface area contributed by atoms with Crippen LogP contribution in [-0.2, 0) is 14.3 Å². The molecule has 0 radical (unpaired) electrons. The molecule has 0 amide bonds. The first-order chi connectivity index (χ1) is 6.11. The molecular weight excluding hydrogens is 168 g/mol. The average Bonchev–Trinajstić information content (AvgIpc) is 2.36. The van der Waals surface area contributed by atoms with Gasteiger partial charge in [-0.2, -0.15) is 0 Å². The van der Waals surface area contributed by atoms with Crippen LogP contribution in [0.3, 0.4) is 0 Å². The van der Waals surface area contributed by atoms with E-state index >= 15 is 0 Å². The summed E-state index contributed by atoms with van der Waals surface area (Å²) in [4.78, 5) is 22.5. The molecule has 0 N–H and O–H groups in total. The summed E-state index contributed by atoms with van der Waals surface area (Å²) in [6.07, 6.45) is 1.95. The molecule has 2 rings (SSSR count). The van der Waals surface area contributed by atoms with E-state index in [-0.39, 0.29) is 11.8 Å². The molecule has 70 valence electrons. The molecule has 1 aliphatic carbocycles. The van der Waals surface area contributed by atoms with Crippen LogP contribution >= 0.6 is 0 Å². The fourth-order valence-corrected chi connectivity index (χ4v) is 2.14. The predicted octanol–water partition coefficient (Wildman–Crippen LogP) is 1.43. The van der Waals surface area contributed by atoms with E-state index in [9.17, 15) is 9.59 Å². The van der Waals surface area contributed by atoms with Gasteiger partial charge in [0, 0.05) is 0 Å². The van der Waals surface area contributed by atoms with Crippen molar-refractivity contribution < 1.29 is 14.3 Å². The van der Waals surface area contributed by atoms with Gasteiger partial charge in [-0.05, 0) is 24.7 Å². The van der Waals surface area contributed by atoms with Crippen LogP contribution in [0.4, 0.5) is 0 Å². The van der Waals surface area contributed by atoms with Crippen molar-refractivity contribution in [2.45, 2.75) is 26.7 Å². The van der Waals surface area contributed by atoms with E-state index in [0.717, 1.165) is 12.8 Å². The van der Waals surface area contributed by atoms with Gasteiger partial charge < -0.3 is 4.74 Å². The van der Waals surface area contributed by atoms with Crippen LogP contribution in [0, 0.1) is 11.8 Å². The first-order valence-corrected chi connectivity index (χ1v) is 4.62. The Morgan fingerprint density at radius 1 is 1.00 bits per heavy atom. The molecule has 1 heterocycles. The number of rotatable bonds is 0. The van der Waals surface area contributed by atoms with Crippen LogP contribution in [0.2, 0.25) is 0 Å². The lowest BCUT2D eigenvalue weighted by atomic mass is 9.79. The second-order valence-corrected chi connectivity index (χ2v) is 3.88. The highest BCUT2D eigenvalue weighted by atomic mass is 16.6. The van der Waals surface area contributed by atoms with Crippen LogP contribution in [0.1, 0.15) is 26.7 Å². The van der Waals surface area contributed by atoms with Gasteiger partial charge in [0.25, 0.3) is 0 Å². The third kappa shape index (κ3) is 1.10. The second-order valence-electron chi connectivity index (χ2n) is 3.88. The number of ether oxygens (including phenoxy) is 1. The number of esters is 2. The van der Waals surface area contributed by atoms with Gasteiger partial charge in [-0.15, -0.1) is 0 Å². The molecule has 2 aliphatic rings. The minimum atomic E-state index is -0.418. The van der Waals surface area contributed by atoms with Crippen LogP contribution < -0.4 is 0 Å². The Morgan fingerprint density at radius 3 is 1.77 bits per heavy atom. The van der Waals surface area contributed by atoms with E-state index in [1.807, 2.05) is 13.8 Å². The zero-order valence-electron chi connectivity index (χ0n) is 7.79. The summed E-state index contributed by atoms with van der Waals surface area (Å²) in [7, 11) is 0. The summed E-state index contributed by atoms with van der Waals surface area (Å²) in [5.41, 5.74) is 1.26. The van der Waals surface area contributed by atoms with Crippen molar-refractivity contribution in [2.24, 2.45) is 11.8 Å². The van der Waals surface area contributed by atoms with Gasteiger partial charge >= 0.3 is 11.9 Å². The lowest BCUT2D eigenvalue weighted by Crippen LogP contribution is -2.17. The van der Waals surface area contributed by atoms with Gasteiger partial charge in [0.1, 0.15) is 0 Å². The van der Waals surface area contributed by atoms with E-state index < -0.39 is 11.9 Å². The molecule has 0 aromatic heterocycles. The Bertz CT molecular complexity index is 284. The summed E-state index contributed by atoms with van der Waals surface area (Å²) < 4.78 is 4.60. The number of hydrogen-bond donors (Lipinski definition) is 0. The largest absolute Gasteiger partial charge is 0.386 e. The molecule has 0 bridgehead atoms. The maximum atomic E-state index is 11.3. The number of hydrogen-bond acceptors (Lipinski definition) is 3. The summed E-state index contributed by atoms with van der Waals surface area (Å²) in [6.45, 7) is 3.95. The minimum absolute atomic E-state index is 0.185. The molecule has 0 spiro atoms. The second kappa shape index (κ2) is 2.69. The zero-order chi connectivity index (χ0) is 9.59. The number of carbonyl (C=O) groups is 2. The van der Waals surface area contributed by atoms with Crippen molar-refractivity contribution >= 4 is 11.9 Å². The highest BCUT2D eigenvalue weighted by Crippen LogP contribution is 2.38. The molecule has 13 heavy (non-hydrogen) atoms. The molecule has 0 aromatic carbocycles. The molecule has 3 heteroatoms. The molecule has 1 aliphatic heterocycles. The molecular formula is C10H12O3. The van der Waals surface area contributed by atoms with E-state index in [4.69, 9.17) is 0 Å². The summed E-state index contributed by atoms with van der Waals surface area (Å²) >= 11 is 0. The molecule has 3 nitrogen and oxygen atoms in total. The topological polar surface area (TPSA) is 43.4 Å². The highest BCUT2D eigenvalue weighted by Gasteiger charge is 2.40. The number of carbonyl (C=O) groups excluding carboxylic acids is 2. The van der Waals surface area contributed by atoms with E-state index in [1.165, 1.54) is 0 Å². The Kier molecular flexibility index (Phi) is 1.75. The van der Waals surface area contributed by atoms with Gasteiger partial charge in [-0.3, -0.25) is 0 Å². The van der Waals surface area contributed by atoms with Crippen LogP contribution in [-0.4, -0.2) is 11.9 Å². The Balaban J connectivity index is 2.49. The third-order valence-corrected chi connectivity index (χ3v) is 2.93. The van der Waals surface area contributed by atoms with Crippen molar-refractivity contribution in [2.75, 3.05) is 0 Å². The Morgan fingerprint density at radius 2 is 1.38 bits per heavy atom. The van der Waals surface area contributed by atoms with Crippen molar-refractivity contribution in [3.8, 4) is 0 Å². The number of cyclic esters (lactones) is 2. The first-order valence-electron chi connectivity index (χ1n) is 4.62. The van der Waals surface area contributed by atoms with Gasteiger partial charge in [-0.1, -0.05) is 13.8 Å². The van der Waals surface area contributed by atoms with Crippen LogP contribution in [0.5, 0.6) is 0 Å². The standard InChI is InChI=1S/C10H12O3/c1-5-3-4-6(2)8-7(5)9(11)13-10(8)12/h5-6H,3-4H2,1-2H3. The molecule has 2 atom stereocenters. The first kappa shape index (κ1) is 8.48. The molecule has 2 unspecified atom stereocenters. The third-order valence-electron chi connectivity index (χ3n) is 2.93. The van der Waals surface area contributed by atoms with Crippen molar-refractivity contribution in [3.63, 3.8) is 0 Å². The zero-order valence-corrected chi connectivity index (χ0v) is 7.79. The maximum absolute atomic E-state index is 11.3. The van der Waals surface area contributed by atoms with Crippen molar-refractivity contribution in [3.05, 3.63) is 11.1 Å². The fraction of sp³-hybridized carbons (Fsp3) is 0.600. The average molecular weight is 180 g/mol. The van der Waals surface area contributed by atoms with E-state index in [1.54, 1.807) is 0 Å². The SMILES string of the molecule is CC1CCC(C)C2=C1C(=O)OC2=O. The smallest absolute Gasteiger partial charge is 0.342 e. The van der Waals surface area contributed by atoms with Crippen LogP contribution in [0.15, 0.2) is 11.1 Å². The monoisotopic (exact) mass is 180 g/mol. The Hall–Kier alpha value is -1.12. The minimum Gasteiger partial charge on any atom is -0.386 e. The fourth-order valence-electron chi connectivity index (χ4n) is 2.14. The van der Waals surface area contributed by atoms with Gasteiger partial charge in [0.15, 0.2) is 0 Å². The lowest BCUT2D eigenvalue weighted by Gasteiger charge is -2.22. The molecule has 0 aromatic rings. The maximum Gasteiger partial charge on any atom is 0.342 e. The highest BCUT2D eigenvalue weighted by molar-refractivity contribution is 6.13. The van der Waals surface area contributed by atoms with Gasteiger partial charge in [-0.25, -0.2) is 9.59 Å². The quantitative estimate of drug-likeness (QED) is 0.418. The molecule has 0 fully saturated rings. The Labute approximate surface area is 76.8 Å². The van der Waals surface area contributed by atoms with E-state index in [2.05, 4.69) is 4.74 Å². The predicted molar refractivity (Wildman–Crippen MR) is 45.7 cm³/mol. The van der Waals surface area contributed by atoms with Gasteiger partial charge in [0.2, 0.25) is 0 Å². The molecule has 0 saturated heterocycles. The van der Waals surface area contributed by atoms with E-state index in [0.29, 0.717) is 11.1 Å². The van der Waals surface area contributed by atoms with Crippen LogP contribution in [0.25, 0.3) is 0 Å². The van der Waals surface area contributed by atoms with Gasteiger partial charge in [0.05, 0.1) is 11.1 Å². The lowest BCUT2D eigenvalue weighted by molar-refractivity contribution is -0.151. The summed E-state index contributed by atoms with van der Waals surface area (Å²) in [5.74, 6) is -0.464.